The molecule has 36 heavy (non-hydrogen) atoms. The van der Waals surface area contributed by atoms with Crippen LogP contribution in [0.25, 0.3) is 22.3 Å². The van der Waals surface area contributed by atoms with Crippen molar-refractivity contribution in [3.63, 3.8) is 0 Å². The van der Waals surface area contributed by atoms with Gasteiger partial charge in [-0.15, -0.1) is 0 Å². The smallest absolute Gasteiger partial charge is 0.330 e. The fourth-order valence-corrected chi connectivity index (χ4v) is 4.33. The van der Waals surface area contributed by atoms with Crippen LogP contribution >= 0.6 is 0 Å². The number of aliphatic hydroxyl groups is 1. The minimum atomic E-state index is -0.471. The van der Waals surface area contributed by atoms with Gasteiger partial charge in [0.05, 0.1) is 0 Å². The number of hydrogen-bond acceptors (Lipinski definition) is 4. The van der Waals surface area contributed by atoms with E-state index in [-0.39, 0.29) is 19.8 Å². The van der Waals surface area contributed by atoms with Gasteiger partial charge in [0.2, 0.25) is 0 Å². The SMILES string of the molecule is C=CC(=O)OCCOc1cc(-c2ccc(-c3ccc(CCCCC)cc3)cc2CC)ccc1CCO. The van der Waals surface area contributed by atoms with Crippen LogP contribution in [0.2, 0.25) is 0 Å². The van der Waals surface area contributed by atoms with Crippen molar-refractivity contribution >= 4 is 5.97 Å². The second-order valence-electron chi connectivity index (χ2n) is 8.90. The summed E-state index contributed by atoms with van der Waals surface area (Å²) in [6.07, 6.45) is 7.44. The van der Waals surface area contributed by atoms with Crippen LogP contribution in [0.4, 0.5) is 0 Å². The van der Waals surface area contributed by atoms with E-state index in [2.05, 4.69) is 69.0 Å². The quantitative estimate of drug-likeness (QED) is 0.152. The standard InChI is InChI=1S/C32H38O4/c1-4-7-8-9-24-10-12-26(13-11-24)28-16-17-30(25(5-2)22-28)29-15-14-27(18-19-33)31(23-29)35-20-21-36-32(34)6-3/h6,10-17,22-23,33H,3-5,7-9,18-21H2,1-2H3. The maximum Gasteiger partial charge on any atom is 0.330 e. The highest BCUT2D eigenvalue weighted by Crippen LogP contribution is 2.33. The van der Waals surface area contributed by atoms with Gasteiger partial charge < -0.3 is 14.6 Å². The molecule has 0 saturated carbocycles. The first-order valence-corrected chi connectivity index (χ1v) is 13.0. The Morgan fingerprint density at radius 3 is 2.31 bits per heavy atom. The Bertz CT molecular complexity index is 1130. The van der Waals surface area contributed by atoms with Crippen molar-refractivity contribution in [2.24, 2.45) is 0 Å². The average molecular weight is 487 g/mol. The number of benzene rings is 3. The monoisotopic (exact) mass is 486 g/mol. The Morgan fingerprint density at radius 2 is 1.61 bits per heavy atom. The highest BCUT2D eigenvalue weighted by molar-refractivity contribution is 5.81. The van der Waals surface area contributed by atoms with Gasteiger partial charge in [-0.25, -0.2) is 4.79 Å². The van der Waals surface area contributed by atoms with Crippen LogP contribution in [0, 0.1) is 0 Å². The van der Waals surface area contributed by atoms with Gasteiger partial charge in [-0.1, -0.05) is 87.9 Å². The molecule has 0 aliphatic rings. The van der Waals surface area contributed by atoms with Crippen molar-refractivity contribution in [3.05, 3.63) is 90.0 Å². The number of ether oxygens (including phenoxy) is 2. The van der Waals surface area contributed by atoms with Crippen LogP contribution in [0.3, 0.4) is 0 Å². The topological polar surface area (TPSA) is 55.8 Å². The first-order valence-electron chi connectivity index (χ1n) is 13.0. The average Bonchev–Trinajstić information content (AvgIpc) is 2.92. The van der Waals surface area contributed by atoms with Gasteiger partial charge in [-0.2, -0.15) is 0 Å². The molecular formula is C32H38O4. The van der Waals surface area contributed by atoms with Crippen molar-refractivity contribution < 1.29 is 19.4 Å². The third-order valence-corrected chi connectivity index (χ3v) is 6.35. The Morgan fingerprint density at radius 1 is 0.861 bits per heavy atom. The van der Waals surface area contributed by atoms with Gasteiger partial charge in [0.15, 0.2) is 0 Å². The van der Waals surface area contributed by atoms with Crippen LogP contribution in [0.1, 0.15) is 49.8 Å². The summed E-state index contributed by atoms with van der Waals surface area (Å²) >= 11 is 0. The molecule has 3 aromatic carbocycles. The number of carbonyl (C=O) groups is 1. The Kier molecular flexibility index (Phi) is 10.8. The van der Waals surface area contributed by atoms with Gasteiger partial charge in [0, 0.05) is 12.7 Å². The number of aliphatic hydroxyl groups excluding tert-OH is 1. The number of hydrogen-bond donors (Lipinski definition) is 1. The van der Waals surface area contributed by atoms with E-state index in [1.54, 1.807) is 0 Å². The predicted octanol–water partition coefficient (Wildman–Crippen LogP) is 6.96. The molecule has 0 amide bonds. The summed E-state index contributed by atoms with van der Waals surface area (Å²) in [5, 5.41) is 9.46. The second kappa shape index (κ2) is 14.3. The van der Waals surface area contributed by atoms with Crippen molar-refractivity contribution in [1.82, 2.24) is 0 Å². The molecule has 0 spiro atoms. The van der Waals surface area contributed by atoms with Gasteiger partial charge in [-0.05, 0) is 70.7 Å². The van der Waals surface area contributed by atoms with Gasteiger partial charge >= 0.3 is 5.97 Å². The number of esters is 1. The van der Waals surface area contributed by atoms with E-state index in [0.29, 0.717) is 12.2 Å². The molecule has 4 nitrogen and oxygen atoms in total. The zero-order chi connectivity index (χ0) is 25.8. The third kappa shape index (κ3) is 7.56. The molecule has 0 aliphatic heterocycles. The molecule has 190 valence electrons. The van der Waals surface area contributed by atoms with E-state index in [4.69, 9.17) is 9.47 Å². The summed E-state index contributed by atoms with van der Waals surface area (Å²) in [6.45, 7) is 8.21. The lowest BCUT2D eigenvalue weighted by Gasteiger charge is -2.16. The Labute approximate surface area is 215 Å². The Hall–Kier alpha value is -3.37. The maximum atomic E-state index is 11.3. The van der Waals surface area contributed by atoms with Crippen molar-refractivity contribution in [2.75, 3.05) is 19.8 Å². The van der Waals surface area contributed by atoms with E-state index in [1.165, 1.54) is 41.5 Å². The molecule has 0 saturated heterocycles. The molecule has 0 atom stereocenters. The van der Waals surface area contributed by atoms with Gasteiger partial charge in [0.25, 0.3) is 0 Å². The van der Waals surface area contributed by atoms with E-state index in [0.717, 1.165) is 35.6 Å². The maximum absolute atomic E-state index is 11.3. The lowest BCUT2D eigenvalue weighted by Crippen LogP contribution is -2.11. The summed E-state index contributed by atoms with van der Waals surface area (Å²) in [5.74, 6) is 0.225. The summed E-state index contributed by atoms with van der Waals surface area (Å²) < 4.78 is 11.0. The number of aryl methyl sites for hydroxylation is 2. The molecule has 0 radical (unpaired) electrons. The van der Waals surface area contributed by atoms with Crippen molar-refractivity contribution in [1.29, 1.82) is 0 Å². The number of carbonyl (C=O) groups excluding carboxylic acids is 1. The van der Waals surface area contributed by atoms with E-state index in [9.17, 15) is 9.90 Å². The highest BCUT2D eigenvalue weighted by Gasteiger charge is 2.11. The molecule has 1 N–H and O–H groups in total. The zero-order valence-electron chi connectivity index (χ0n) is 21.6. The molecule has 0 bridgehead atoms. The Balaban J connectivity index is 1.81. The minimum absolute atomic E-state index is 0.0352. The van der Waals surface area contributed by atoms with Gasteiger partial charge in [0.1, 0.15) is 19.0 Å². The van der Waals surface area contributed by atoms with E-state index >= 15 is 0 Å². The van der Waals surface area contributed by atoms with Crippen LogP contribution in [0.5, 0.6) is 5.75 Å². The molecule has 0 unspecified atom stereocenters. The van der Waals surface area contributed by atoms with E-state index in [1.807, 2.05) is 12.1 Å². The van der Waals surface area contributed by atoms with E-state index < -0.39 is 5.97 Å². The minimum Gasteiger partial charge on any atom is -0.490 e. The zero-order valence-corrected chi connectivity index (χ0v) is 21.6. The lowest BCUT2D eigenvalue weighted by molar-refractivity contribution is -0.138. The lowest BCUT2D eigenvalue weighted by atomic mass is 9.92. The first kappa shape index (κ1) is 27.2. The summed E-state index contributed by atoms with van der Waals surface area (Å²) in [6, 6.07) is 21.7. The summed E-state index contributed by atoms with van der Waals surface area (Å²) in [5.41, 5.74) is 8.25. The van der Waals surface area contributed by atoms with Crippen LogP contribution in [-0.4, -0.2) is 30.9 Å². The molecular weight excluding hydrogens is 448 g/mol. The molecule has 0 heterocycles. The van der Waals surface area contributed by atoms with Crippen molar-refractivity contribution in [3.8, 4) is 28.0 Å². The predicted molar refractivity (Wildman–Crippen MR) is 147 cm³/mol. The van der Waals surface area contributed by atoms with Crippen molar-refractivity contribution in [2.45, 2.75) is 52.4 Å². The van der Waals surface area contributed by atoms with Gasteiger partial charge in [-0.3, -0.25) is 0 Å². The van der Waals surface area contributed by atoms with Crippen LogP contribution in [0.15, 0.2) is 73.3 Å². The summed E-state index contributed by atoms with van der Waals surface area (Å²) in [7, 11) is 0. The normalized spacial score (nSPS) is 10.8. The molecule has 3 rings (SSSR count). The van der Waals surface area contributed by atoms with Crippen LogP contribution < -0.4 is 4.74 Å². The third-order valence-electron chi connectivity index (χ3n) is 6.35. The molecule has 0 aromatic heterocycles. The largest absolute Gasteiger partial charge is 0.490 e. The molecule has 3 aromatic rings. The summed E-state index contributed by atoms with van der Waals surface area (Å²) in [4.78, 5) is 11.3. The second-order valence-corrected chi connectivity index (χ2v) is 8.90. The van der Waals surface area contributed by atoms with Crippen LogP contribution in [-0.2, 0) is 28.8 Å². The number of rotatable bonds is 14. The first-order chi connectivity index (χ1) is 17.6. The number of unbranched alkanes of at least 4 members (excludes halogenated alkanes) is 2. The molecule has 0 aliphatic carbocycles. The highest BCUT2D eigenvalue weighted by atomic mass is 16.6. The molecule has 0 fully saturated rings. The fraction of sp³-hybridized carbons (Fsp3) is 0.344. The fourth-order valence-electron chi connectivity index (χ4n) is 4.33. The molecule has 4 heteroatoms.